The fourth-order valence-electron chi connectivity index (χ4n) is 0.723. The molecule has 0 aliphatic carbocycles. The number of hydrogen-bond donors (Lipinski definition) is 0. The molecule has 1 nitrogen and oxygen atoms in total. The molecule has 60 valence electrons. The van der Waals surface area contributed by atoms with E-state index in [-0.39, 0.29) is 23.3 Å². The Kier molecular flexibility index (Phi) is 3.88. The van der Waals surface area contributed by atoms with Crippen LogP contribution < -0.4 is 23.3 Å². The van der Waals surface area contributed by atoms with E-state index in [0.29, 0.717) is 5.56 Å². The summed E-state index contributed by atoms with van der Waals surface area (Å²) in [5.41, 5.74) is 0.572. The van der Waals surface area contributed by atoms with Crippen LogP contribution in [-0.2, 0) is 0 Å². The number of nitrogens with zero attached hydrogens (tertiary/aromatic N) is 1. The van der Waals surface area contributed by atoms with Gasteiger partial charge in [0.2, 0.25) is 0 Å². The molecule has 12 heavy (non-hydrogen) atoms. The molecule has 0 saturated heterocycles. The molecule has 0 unspecified atom stereocenters. The van der Waals surface area contributed by atoms with Gasteiger partial charge < -0.3 is 17.4 Å². The second kappa shape index (κ2) is 4.02. The van der Waals surface area contributed by atoms with Gasteiger partial charge in [-0.1, -0.05) is 6.92 Å². The summed E-state index contributed by atoms with van der Waals surface area (Å²) >= 11 is 0. The Labute approximate surface area is 80.8 Å². The van der Waals surface area contributed by atoms with Gasteiger partial charge >= 0.3 is 26.0 Å². The van der Waals surface area contributed by atoms with Crippen molar-refractivity contribution in [3.8, 4) is 0 Å². The Hall–Kier alpha value is -0.398. The van der Waals surface area contributed by atoms with Crippen molar-refractivity contribution in [2.24, 2.45) is 0 Å². The Morgan fingerprint density at radius 3 is 2.33 bits per heavy atom. The fraction of sp³-hybridized carbons (Fsp3) is 0.167. The Balaban J connectivity index is 0.00000121. The zero-order valence-corrected chi connectivity index (χ0v) is 6.89. The van der Waals surface area contributed by atoms with Gasteiger partial charge in [-0.15, -0.1) is 11.6 Å². The van der Waals surface area contributed by atoms with Crippen molar-refractivity contribution in [2.45, 2.75) is 6.92 Å². The van der Waals surface area contributed by atoms with Gasteiger partial charge in [0, 0.05) is 6.20 Å². The summed E-state index contributed by atoms with van der Waals surface area (Å²) in [6.07, 6.45) is 3.08. The maximum atomic E-state index is 12.0. The van der Waals surface area contributed by atoms with E-state index in [1.807, 2.05) is 0 Å². The van der Waals surface area contributed by atoms with Gasteiger partial charge in [-0.3, -0.25) is 0 Å². The van der Waals surface area contributed by atoms with Gasteiger partial charge in [0.25, 0.3) is 0 Å². The molecular weight excluding hydrogens is 161 g/mol. The largest absolute Gasteiger partial charge is 1.00 e. The molecule has 0 saturated carbocycles. The summed E-state index contributed by atoms with van der Waals surface area (Å²) in [4.78, 5) is 0. The third kappa shape index (κ3) is 2.92. The Morgan fingerprint density at radius 1 is 1.42 bits per heavy atom. The summed E-state index contributed by atoms with van der Waals surface area (Å²) in [5.74, 6) is 0. The van der Waals surface area contributed by atoms with Gasteiger partial charge in [-0.25, -0.2) is 0 Å². The molecule has 0 radical (unpaired) electrons. The topological polar surface area (TPSA) is 3.88 Å². The number of pyridine rings is 1. The first-order valence-corrected chi connectivity index (χ1v) is 3.09. The van der Waals surface area contributed by atoms with Crippen LogP contribution in [0, 0.1) is 13.1 Å². The second-order valence-electron chi connectivity index (χ2n) is 2.28. The molecule has 1 aromatic heterocycles. The molecule has 0 aliphatic heterocycles. The molecule has 0 spiro atoms. The van der Waals surface area contributed by atoms with Crippen LogP contribution in [0.3, 0.4) is 0 Å². The molecule has 1 heterocycles. The maximum Gasteiger partial charge on any atom is 1.00 e. The molecule has 6 heteroatoms. The fourth-order valence-corrected chi connectivity index (χ4v) is 0.723. The van der Waals surface area contributed by atoms with Crippen molar-refractivity contribution in [2.75, 3.05) is 0 Å². The summed E-state index contributed by atoms with van der Waals surface area (Å²) in [5, 5.41) is 0. The van der Waals surface area contributed by atoms with Crippen molar-refractivity contribution in [1.82, 2.24) is 0 Å². The third-order valence-electron chi connectivity index (χ3n) is 1.23. The summed E-state index contributed by atoms with van der Waals surface area (Å²) in [6.45, 7) is 1.60. The van der Waals surface area contributed by atoms with Crippen molar-refractivity contribution in [3.63, 3.8) is 0 Å². The quantitative estimate of drug-likeness (QED) is 0.346. The van der Waals surface area contributed by atoms with E-state index in [9.17, 15) is 12.9 Å². The molecular formula is C6H6BF3LiN. The smallest absolute Gasteiger partial charge is 0.442 e. The zero-order valence-electron chi connectivity index (χ0n) is 6.89. The van der Waals surface area contributed by atoms with E-state index < -0.39 is 7.11 Å². The van der Waals surface area contributed by atoms with Crippen molar-refractivity contribution in [1.29, 1.82) is 0 Å². The molecule has 0 aliphatic rings. The molecule has 0 atom stereocenters. The number of rotatable bonds is 1. The van der Waals surface area contributed by atoms with Crippen LogP contribution in [0.15, 0.2) is 18.3 Å². The summed E-state index contributed by atoms with van der Waals surface area (Å²) < 4.78 is 36.0. The molecule has 0 aromatic carbocycles. The molecule has 1 rings (SSSR count). The predicted octanol–water partition coefficient (Wildman–Crippen LogP) is -1.72. The number of aromatic nitrogens is 1. The van der Waals surface area contributed by atoms with Crippen LogP contribution in [0.5, 0.6) is 0 Å². The van der Waals surface area contributed by atoms with E-state index in [1.165, 1.54) is 6.07 Å². The first-order valence-electron chi connectivity index (χ1n) is 3.09. The standard InChI is InChI=1S/C6H6BF3N.Li/c1-6-3-2-4-11(5-6)7(8,9)10;/h2-3,5H,1H3;/q-1;+1. The monoisotopic (exact) mass is 167 g/mol. The second-order valence-corrected chi connectivity index (χ2v) is 2.28. The minimum Gasteiger partial charge on any atom is -0.442 e. The zero-order chi connectivity index (χ0) is 8.48. The first-order chi connectivity index (χ1) is 5.00. The van der Waals surface area contributed by atoms with Gasteiger partial charge in [-0.2, -0.15) is 6.07 Å². The SMILES string of the molecule is Cc1cc[c-][n+]([B-](F)(F)F)c1.[Li+]. The minimum absolute atomic E-state index is 0. The van der Waals surface area contributed by atoms with E-state index >= 15 is 0 Å². The minimum atomic E-state index is -4.96. The average molecular weight is 167 g/mol. The van der Waals surface area contributed by atoms with E-state index in [4.69, 9.17) is 0 Å². The summed E-state index contributed by atoms with van der Waals surface area (Å²) in [6, 6.07) is 2.82. The van der Waals surface area contributed by atoms with Gasteiger partial charge in [0.05, 0.1) is 6.20 Å². The van der Waals surface area contributed by atoms with E-state index in [0.717, 1.165) is 6.20 Å². The van der Waals surface area contributed by atoms with E-state index in [2.05, 4.69) is 6.20 Å². The van der Waals surface area contributed by atoms with Crippen molar-refractivity contribution >= 4 is 7.11 Å². The van der Waals surface area contributed by atoms with Gasteiger partial charge in [0.1, 0.15) is 0 Å². The summed E-state index contributed by atoms with van der Waals surface area (Å²) in [7, 11) is -4.96. The number of halogens is 3. The molecule has 0 bridgehead atoms. The van der Waals surface area contributed by atoms with Crippen LogP contribution in [0.2, 0.25) is 0 Å². The Bertz CT molecular complexity index is 263. The third-order valence-corrected chi connectivity index (χ3v) is 1.23. The molecule has 0 N–H and O–H groups in total. The normalized spacial score (nSPS) is 10.7. The Morgan fingerprint density at radius 2 is 2.00 bits per heavy atom. The molecule has 0 fully saturated rings. The average Bonchev–Trinajstić information content (AvgIpc) is 1.86. The van der Waals surface area contributed by atoms with E-state index in [1.54, 1.807) is 13.0 Å². The van der Waals surface area contributed by atoms with Crippen LogP contribution >= 0.6 is 0 Å². The van der Waals surface area contributed by atoms with Crippen molar-refractivity contribution < 1.29 is 36.3 Å². The number of aryl methyl sites for hydroxylation is 1. The van der Waals surface area contributed by atoms with Crippen LogP contribution in [0.25, 0.3) is 0 Å². The predicted molar refractivity (Wildman–Crippen MR) is 34.7 cm³/mol. The molecule has 0 amide bonds. The van der Waals surface area contributed by atoms with Crippen LogP contribution in [0.1, 0.15) is 5.56 Å². The molecule has 1 aromatic rings. The van der Waals surface area contributed by atoms with Crippen molar-refractivity contribution in [3.05, 3.63) is 30.1 Å². The maximum absolute atomic E-state index is 12.0. The number of hydrogen-bond acceptors (Lipinski definition) is 0. The van der Waals surface area contributed by atoms with Crippen LogP contribution in [-0.4, -0.2) is 7.11 Å². The van der Waals surface area contributed by atoms with Gasteiger partial charge in [0.15, 0.2) is 0 Å². The van der Waals surface area contributed by atoms with Crippen LogP contribution in [0.4, 0.5) is 12.9 Å². The van der Waals surface area contributed by atoms with Gasteiger partial charge in [-0.05, 0) is 0 Å². The first kappa shape index (κ1) is 11.6.